The number of anilines is 1. The second kappa shape index (κ2) is 13.8. The zero-order valence-electron chi connectivity index (χ0n) is 18.9. The van der Waals surface area contributed by atoms with Crippen molar-refractivity contribution in [3.05, 3.63) is 49.1 Å². The molecule has 9 heteroatoms. The van der Waals surface area contributed by atoms with Crippen LogP contribution in [0.2, 0.25) is 0 Å². The van der Waals surface area contributed by atoms with Crippen molar-refractivity contribution in [2.45, 2.75) is 38.6 Å². The van der Waals surface area contributed by atoms with Gasteiger partial charge in [-0.1, -0.05) is 38.0 Å². The highest BCUT2D eigenvalue weighted by molar-refractivity contribution is 5.89. The van der Waals surface area contributed by atoms with Gasteiger partial charge in [0.2, 0.25) is 11.8 Å². The number of nitrogens with one attached hydrogen (secondary N) is 1. The van der Waals surface area contributed by atoms with Crippen molar-refractivity contribution in [2.75, 3.05) is 31.1 Å². The first kappa shape index (κ1) is 25.8. The van der Waals surface area contributed by atoms with Gasteiger partial charge in [0.1, 0.15) is 0 Å². The molecular weight excluding hydrogens is 424 g/mol. The Morgan fingerprint density at radius 2 is 1.94 bits per heavy atom. The molecule has 9 nitrogen and oxygen atoms in total. The molecule has 3 N–H and O–H groups in total. The number of unbranched alkanes of at least 4 members (excludes halogenated alkanes) is 2. The number of para-hydroxylation sites is 1. The van der Waals surface area contributed by atoms with Crippen molar-refractivity contribution in [2.24, 2.45) is 0 Å². The Bertz CT molecular complexity index is 947. The average molecular weight is 457 g/mol. The SMILES string of the molecule is C=CCC1CNCCN1c1nc(OCCCCC)c2ccccc2n1.O=C(O)/C=C/C(=O)O. The van der Waals surface area contributed by atoms with Crippen molar-refractivity contribution in [1.29, 1.82) is 0 Å². The molecule has 1 aliphatic heterocycles. The number of nitrogens with zero attached hydrogens (tertiary/aromatic N) is 3. The van der Waals surface area contributed by atoms with Crippen LogP contribution in [0.15, 0.2) is 49.1 Å². The number of hydrogen-bond acceptors (Lipinski definition) is 7. The Morgan fingerprint density at radius 3 is 2.61 bits per heavy atom. The molecule has 0 bridgehead atoms. The lowest BCUT2D eigenvalue weighted by Crippen LogP contribution is -2.51. The first-order chi connectivity index (χ1) is 16.0. The molecule has 1 aliphatic rings. The highest BCUT2D eigenvalue weighted by Crippen LogP contribution is 2.27. The molecule has 0 saturated carbocycles. The first-order valence-electron chi connectivity index (χ1n) is 11.1. The van der Waals surface area contributed by atoms with E-state index in [0.717, 1.165) is 49.3 Å². The Morgan fingerprint density at radius 1 is 1.21 bits per heavy atom. The number of hydrogen-bond donors (Lipinski definition) is 3. The summed E-state index contributed by atoms with van der Waals surface area (Å²) >= 11 is 0. The van der Waals surface area contributed by atoms with Crippen LogP contribution in [-0.4, -0.2) is 64.4 Å². The molecule has 3 rings (SSSR count). The molecule has 0 radical (unpaired) electrons. The van der Waals surface area contributed by atoms with Crippen LogP contribution in [0.3, 0.4) is 0 Å². The number of carboxylic acids is 2. The van der Waals surface area contributed by atoms with Crippen LogP contribution in [-0.2, 0) is 9.59 Å². The molecule has 1 unspecified atom stereocenters. The fraction of sp³-hybridized carbons (Fsp3) is 0.417. The number of piperazine rings is 1. The van der Waals surface area contributed by atoms with Crippen molar-refractivity contribution >= 4 is 28.8 Å². The molecule has 2 aromatic rings. The Hall–Kier alpha value is -3.46. The largest absolute Gasteiger partial charge is 0.478 e. The summed E-state index contributed by atoms with van der Waals surface area (Å²) in [7, 11) is 0. The lowest BCUT2D eigenvalue weighted by atomic mass is 10.1. The topological polar surface area (TPSA) is 125 Å². The van der Waals surface area contributed by atoms with Gasteiger partial charge >= 0.3 is 11.9 Å². The van der Waals surface area contributed by atoms with Crippen LogP contribution < -0.4 is 15.0 Å². The fourth-order valence-electron chi connectivity index (χ4n) is 3.36. The van der Waals surface area contributed by atoms with E-state index in [0.29, 0.717) is 30.7 Å². The summed E-state index contributed by atoms with van der Waals surface area (Å²) in [6, 6.07) is 8.42. The molecule has 0 spiro atoms. The maximum atomic E-state index is 9.55. The van der Waals surface area contributed by atoms with Crippen molar-refractivity contribution in [1.82, 2.24) is 15.3 Å². The minimum Gasteiger partial charge on any atom is -0.478 e. The van der Waals surface area contributed by atoms with Gasteiger partial charge in [0.25, 0.3) is 0 Å². The van der Waals surface area contributed by atoms with E-state index in [-0.39, 0.29) is 0 Å². The van der Waals surface area contributed by atoms with Gasteiger partial charge in [-0.3, -0.25) is 0 Å². The molecule has 1 saturated heterocycles. The molecule has 1 fully saturated rings. The van der Waals surface area contributed by atoms with Gasteiger partial charge < -0.3 is 25.2 Å². The van der Waals surface area contributed by atoms with Crippen LogP contribution in [0, 0.1) is 0 Å². The third kappa shape index (κ3) is 8.53. The van der Waals surface area contributed by atoms with Gasteiger partial charge in [0, 0.05) is 37.8 Å². The minimum atomic E-state index is -1.26. The van der Waals surface area contributed by atoms with Crippen molar-refractivity contribution in [3.63, 3.8) is 0 Å². The fourth-order valence-corrected chi connectivity index (χ4v) is 3.36. The zero-order chi connectivity index (χ0) is 24.1. The summed E-state index contributed by atoms with van der Waals surface area (Å²) in [5.41, 5.74) is 0.939. The Kier molecular flexibility index (Phi) is 10.8. The summed E-state index contributed by atoms with van der Waals surface area (Å²) in [4.78, 5) is 31.0. The van der Waals surface area contributed by atoms with Gasteiger partial charge in [-0.15, -0.1) is 6.58 Å². The molecule has 1 aromatic carbocycles. The summed E-state index contributed by atoms with van der Waals surface area (Å²) in [6.07, 6.45) is 7.41. The number of rotatable bonds is 10. The molecule has 0 amide bonds. The molecule has 33 heavy (non-hydrogen) atoms. The van der Waals surface area contributed by atoms with E-state index in [1.165, 1.54) is 12.8 Å². The molecular formula is C24H32N4O5. The van der Waals surface area contributed by atoms with E-state index in [2.05, 4.69) is 23.7 Å². The van der Waals surface area contributed by atoms with Gasteiger partial charge in [0.05, 0.1) is 17.5 Å². The van der Waals surface area contributed by atoms with Crippen LogP contribution in [0.1, 0.15) is 32.6 Å². The first-order valence-corrected chi connectivity index (χ1v) is 11.1. The second-order valence-corrected chi connectivity index (χ2v) is 7.49. The predicted octanol–water partition coefficient (Wildman–Crippen LogP) is 3.26. The van der Waals surface area contributed by atoms with Crippen LogP contribution in [0.5, 0.6) is 5.88 Å². The number of aromatic nitrogens is 2. The number of carbonyl (C=O) groups is 2. The summed E-state index contributed by atoms with van der Waals surface area (Å²) in [5, 5.41) is 20.1. The maximum Gasteiger partial charge on any atom is 0.328 e. The van der Waals surface area contributed by atoms with E-state index >= 15 is 0 Å². The van der Waals surface area contributed by atoms with Crippen molar-refractivity contribution < 1.29 is 24.5 Å². The van der Waals surface area contributed by atoms with E-state index in [1.807, 2.05) is 30.3 Å². The lowest BCUT2D eigenvalue weighted by molar-refractivity contribution is -0.134. The van der Waals surface area contributed by atoms with Crippen LogP contribution in [0.25, 0.3) is 10.9 Å². The number of benzene rings is 1. The standard InChI is InChI=1S/C20H28N4O.C4H4O4/c1-3-5-8-14-25-19-17-10-6-7-11-18(17)22-20(23-19)24-13-12-21-15-16(24)9-4-2;5-3(6)1-2-4(7)8/h4,6-7,10-11,16,21H,2-3,5,8-9,12-15H2,1H3;1-2H,(H,5,6)(H,7,8)/b;2-1+. The lowest BCUT2D eigenvalue weighted by Gasteiger charge is -2.36. The van der Waals surface area contributed by atoms with Gasteiger partial charge in [-0.05, 0) is 25.0 Å². The molecule has 0 aliphatic carbocycles. The van der Waals surface area contributed by atoms with Crippen LogP contribution in [0.4, 0.5) is 5.95 Å². The molecule has 1 aromatic heterocycles. The normalized spacial score (nSPS) is 15.7. The predicted molar refractivity (Wildman–Crippen MR) is 128 cm³/mol. The highest BCUT2D eigenvalue weighted by Gasteiger charge is 2.24. The number of aliphatic carboxylic acids is 2. The van der Waals surface area contributed by atoms with Gasteiger partial charge in [-0.2, -0.15) is 4.98 Å². The van der Waals surface area contributed by atoms with E-state index in [4.69, 9.17) is 24.9 Å². The third-order valence-corrected chi connectivity index (χ3v) is 4.96. The summed E-state index contributed by atoms with van der Waals surface area (Å²) < 4.78 is 6.03. The van der Waals surface area contributed by atoms with Crippen molar-refractivity contribution in [3.8, 4) is 5.88 Å². The molecule has 1 atom stereocenters. The highest BCUT2D eigenvalue weighted by atomic mass is 16.5. The monoisotopic (exact) mass is 456 g/mol. The minimum absolute atomic E-state index is 0.334. The maximum absolute atomic E-state index is 9.55. The Balaban J connectivity index is 0.000000414. The van der Waals surface area contributed by atoms with Gasteiger partial charge in [-0.25, -0.2) is 14.6 Å². The molecule has 2 heterocycles. The van der Waals surface area contributed by atoms with Gasteiger partial charge in [0.15, 0.2) is 0 Å². The van der Waals surface area contributed by atoms with Crippen LogP contribution >= 0.6 is 0 Å². The Labute approximate surface area is 193 Å². The summed E-state index contributed by atoms with van der Waals surface area (Å²) in [5.74, 6) is -1.05. The van der Waals surface area contributed by atoms with E-state index in [1.54, 1.807) is 0 Å². The summed E-state index contributed by atoms with van der Waals surface area (Å²) in [6.45, 7) is 9.55. The van der Waals surface area contributed by atoms with E-state index in [9.17, 15) is 9.59 Å². The van der Waals surface area contributed by atoms with E-state index < -0.39 is 11.9 Å². The quantitative estimate of drug-likeness (QED) is 0.281. The smallest absolute Gasteiger partial charge is 0.328 e. The third-order valence-electron chi connectivity index (χ3n) is 4.96. The second-order valence-electron chi connectivity index (χ2n) is 7.49. The zero-order valence-corrected chi connectivity index (χ0v) is 18.9. The number of ether oxygens (including phenoxy) is 1. The average Bonchev–Trinajstić information content (AvgIpc) is 2.81. The number of fused-ring (bicyclic) bond motifs is 1. The number of carboxylic acid groups (broad SMARTS) is 2. The molecule has 178 valence electrons.